The second-order valence-corrected chi connectivity index (χ2v) is 5.01. The molecule has 3 saturated carbocycles. The average Bonchev–Trinajstić information content (AvgIpc) is 2.45. The smallest absolute Gasteiger partial charge is 0.317 e. The largest absolute Gasteiger partial charge is 0.393 e. The van der Waals surface area contributed by atoms with Crippen LogP contribution >= 0.6 is 0 Å². The van der Waals surface area contributed by atoms with E-state index in [1.165, 1.54) is 0 Å². The van der Waals surface area contributed by atoms with Gasteiger partial charge in [-0.3, -0.25) is 9.59 Å². The van der Waals surface area contributed by atoms with Crippen molar-refractivity contribution in [1.29, 1.82) is 0 Å². The molecule has 0 radical (unpaired) electrons. The Morgan fingerprint density at radius 2 is 1.86 bits per heavy atom. The fourth-order valence-electron chi connectivity index (χ4n) is 3.78. The summed E-state index contributed by atoms with van der Waals surface area (Å²) in [5.74, 6) is 0.738. The van der Waals surface area contributed by atoms with Crippen LogP contribution in [0.2, 0.25) is 0 Å². The summed E-state index contributed by atoms with van der Waals surface area (Å²) in [7, 11) is 0. The van der Waals surface area contributed by atoms with Gasteiger partial charge in [-0.15, -0.1) is 0 Å². The van der Waals surface area contributed by atoms with Crippen LogP contribution < -0.4 is 0 Å². The minimum absolute atomic E-state index is 0.0857. The van der Waals surface area contributed by atoms with E-state index in [1.807, 2.05) is 0 Å². The van der Waals surface area contributed by atoms with Gasteiger partial charge in [0.2, 0.25) is 0 Å². The second kappa shape index (κ2) is 2.59. The zero-order chi connectivity index (χ0) is 9.87. The Bertz CT molecular complexity index is 310. The molecule has 0 aromatic rings. The molecule has 0 unspecified atom stereocenters. The van der Waals surface area contributed by atoms with Crippen LogP contribution in [0.15, 0.2) is 0 Å². The lowest BCUT2D eigenvalue weighted by Gasteiger charge is -2.46. The van der Waals surface area contributed by atoms with Gasteiger partial charge in [0.05, 0.1) is 11.8 Å². The first kappa shape index (κ1) is 8.45. The molecular formula is C11H14O3. The van der Waals surface area contributed by atoms with Crippen LogP contribution in [0.5, 0.6) is 0 Å². The van der Waals surface area contributed by atoms with E-state index in [9.17, 15) is 9.59 Å². The van der Waals surface area contributed by atoms with Crippen molar-refractivity contribution in [2.75, 3.05) is 0 Å². The maximum Gasteiger partial charge on any atom is 0.317 e. The summed E-state index contributed by atoms with van der Waals surface area (Å²) in [6.45, 7) is 2.20. The van der Waals surface area contributed by atoms with E-state index >= 15 is 0 Å². The predicted molar refractivity (Wildman–Crippen MR) is 48.1 cm³/mol. The summed E-state index contributed by atoms with van der Waals surface area (Å²) in [5.41, 5.74) is 0. The van der Waals surface area contributed by atoms with Crippen LogP contribution in [-0.4, -0.2) is 11.9 Å². The molecule has 1 saturated heterocycles. The quantitative estimate of drug-likeness (QED) is 0.432. The van der Waals surface area contributed by atoms with Crippen LogP contribution in [-0.2, 0) is 14.3 Å². The van der Waals surface area contributed by atoms with Crippen LogP contribution in [0.3, 0.4) is 0 Å². The van der Waals surface area contributed by atoms with Gasteiger partial charge < -0.3 is 4.74 Å². The summed E-state index contributed by atoms with van der Waals surface area (Å²) in [4.78, 5) is 23.0. The van der Waals surface area contributed by atoms with E-state index in [4.69, 9.17) is 4.74 Å². The molecule has 0 N–H and O–H groups in total. The molecule has 4 fully saturated rings. The van der Waals surface area contributed by atoms with E-state index in [0.29, 0.717) is 17.8 Å². The molecule has 1 heterocycles. The van der Waals surface area contributed by atoms with Crippen molar-refractivity contribution in [3.8, 4) is 0 Å². The number of hydrogen-bond acceptors (Lipinski definition) is 3. The molecule has 0 amide bonds. The molecular weight excluding hydrogens is 180 g/mol. The average molecular weight is 194 g/mol. The summed E-state index contributed by atoms with van der Waals surface area (Å²) in [6, 6.07) is 0. The molecule has 3 aliphatic carbocycles. The Morgan fingerprint density at radius 3 is 2.57 bits per heavy atom. The van der Waals surface area contributed by atoms with Gasteiger partial charge in [-0.05, 0) is 37.0 Å². The number of hydrogen-bond donors (Lipinski definition) is 0. The monoisotopic (exact) mass is 194 g/mol. The first-order chi connectivity index (χ1) is 6.68. The standard InChI is InChI=1S/C11H14O3/c1-5-4-6-2-3-7(5)9-8(6)10(12)14-11(9)13/h5-9H,2-4H2,1H3/t5-,6+,7-,8+,9-/m1/s1. The summed E-state index contributed by atoms with van der Waals surface area (Å²) in [6.07, 6.45) is 3.32. The van der Waals surface area contributed by atoms with E-state index in [1.54, 1.807) is 0 Å². The van der Waals surface area contributed by atoms with Crippen LogP contribution in [0.4, 0.5) is 0 Å². The Kier molecular flexibility index (Phi) is 1.56. The van der Waals surface area contributed by atoms with Gasteiger partial charge in [-0.25, -0.2) is 0 Å². The van der Waals surface area contributed by atoms with Crippen LogP contribution in [0.25, 0.3) is 0 Å². The molecule has 5 atom stereocenters. The lowest BCUT2D eigenvalue weighted by molar-refractivity contribution is -0.154. The molecule has 0 spiro atoms. The van der Waals surface area contributed by atoms with Gasteiger partial charge in [-0.1, -0.05) is 6.92 Å². The van der Waals surface area contributed by atoms with E-state index in [0.717, 1.165) is 19.3 Å². The van der Waals surface area contributed by atoms with E-state index in [-0.39, 0.29) is 23.8 Å². The molecule has 3 heteroatoms. The van der Waals surface area contributed by atoms with Crippen molar-refractivity contribution in [3.05, 3.63) is 0 Å². The summed E-state index contributed by atoms with van der Waals surface area (Å²) >= 11 is 0. The van der Waals surface area contributed by atoms with Crippen molar-refractivity contribution in [2.24, 2.45) is 29.6 Å². The molecule has 4 rings (SSSR count). The number of fused-ring (bicyclic) bond motifs is 2. The van der Waals surface area contributed by atoms with E-state index < -0.39 is 0 Å². The molecule has 76 valence electrons. The fourth-order valence-corrected chi connectivity index (χ4v) is 3.78. The Hall–Kier alpha value is -0.860. The maximum atomic E-state index is 11.5. The van der Waals surface area contributed by atoms with E-state index in [2.05, 4.69) is 6.92 Å². The van der Waals surface area contributed by atoms with Crippen molar-refractivity contribution in [1.82, 2.24) is 0 Å². The third-order valence-electron chi connectivity index (χ3n) is 4.38. The lowest BCUT2D eigenvalue weighted by atomic mass is 9.56. The first-order valence-corrected chi connectivity index (χ1v) is 5.44. The fraction of sp³-hybridized carbons (Fsp3) is 0.818. The number of ether oxygens (including phenoxy) is 1. The molecule has 14 heavy (non-hydrogen) atoms. The lowest BCUT2D eigenvalue weighted by Crippen LogP contribution is -2.45. The number of cyclic esters (lactones) is 2. The third-order valence-corrected chi connectivity index (χ3v) is 4.38. The van der Waals surface area contributed by atoms with Crippen molar-refractivity contribution in [2.45, 2.75) is 26.2 Å². The minimum Gasteiger partial charge on any atom is -0.393 e. The van der Waals surface area contributed by atoms with Gasteiger partial charge in [0, 0.05) is 0 Å². The van der Waals surface area contributed by atoms with Gasteiger partial charge in [0.15, 0.2) is 0 Å². The third kappa shape index (κ3) is 0.877. The molecule has 2 bridgehead atoms. The number of esters is 2. The SMILES string of the molecule is C[C@@H]1C[C@@H]2CC[C@H]1[C@H]1C(=O)OC(=O)[C@@H]21. The predicted octanol–water partition coefficient (Wildman–Crippen LogP) is 1.37. The maximum absolute atomic E-state index is 11.5. The van der Waals surface area contributed by atoms with Crippen molar-refractivity contribution < 1.29 is 14.3 Å². The topological polar surface area (TPSA) is 43.4 Å². The first-order valence-electron chi connectivity index (χ1n) is 5.44. The van der Waals surface area contributed by atoms with Crippen molar-refractivity contribution >= 4 is 11.9 Å². The number of rotatable bonds is 0. The zero-order valence-corrected chi connectivity index (χ0v) is 8.23. The number of carbonyl (C=O) groups is 2. The highest BCUT2D eigenvalue weighted by Crippen LogP contribution is 2.54. The molecule has 0 aromatic heterocycles. The minimum atomic E-state index is -0.249. The zero-order valence-electron chi connectivity index (χ0n) is 8.23. The van der Waals surface area contributed by atoms with Gasteiger partial charge >= 0.3 is 11.9 Å². The highest BCUT2D eigenvalue weighted by molar-refractivity contribution is 5.97. The van der Waals surface area contributed by atoms with Gasteiger partial charge in [0.1, 0.15) is 0 Å². The highest BCUT2D eigenvalue weighted by atomic mass is 16.6. The molecule has 1 aliphatic heterocycles. The van der Waals surface area contributed by atoms with Crippen LogP contribution in [0.1, 0.15) is 26.2 Å². The van der Waals surface area contributed by atoms with Gasteiger partial charge in [-0.2, -0.15) is 0 Å². The molecule has 4 aliphatic rings. The number of carbonyl (C=O) groups excluding carboxylic acids is 2. The Morgan fingerprint density at radius 1 is 1.14 bits per heavy atom. The highest BCUT2D eigenvalue weighted by Gasteiger charge is 2.58. The molecule has 0 aromatic carbocycles. The van der Waals surface area contributed by atoms with Gasteiger partial charge in [0.25, 0.3) is 0 Å². The normalized spacial score (nSPS) is 50.5. The summed E-state index contributed by atoms with van der Waals surface area (Å²) in [5, 5.41) is 0. The summed E-state index contributed by atoms with van der Waals surface area (Å²) < 4.78 is 4.76. The Labute approximate surface area is 82.8 Å². The van der Waals surface area contributed by atoms with Crippen molar-refractivity contribution in [3.63, 3.8) is 0 Å². The second-order valence-electron chi connectivity index (χ2n) is 5.01. The van der Waals surface area contributed by atoms with Crippen LogP contribution in [0, 0.1) is 29.6 Å². The Balaban J connectivity index is 2.00. The molecule has 3 nitrogen and oxygen atoms in total.